The first-order chi connectivity index (χ1) is 13.9. The van der Waals surface area contributed by atoms with Crippen molar-refractivity contribution < 1.29 is 9.53 Å². The van der Waals surface area contributed by atoms with Gasteiger partial charge in [-0.1, -0.05) is 30.3 Å². The van der Waals surface area contributed by atoms with Crippen LogP contribution in [0.15, 0.2) is 60.9 Å². The number of nitrogens with one attached hydrogen (secondary N) is 1. The summed E-state index contributed by atoms with van der Waals surface area (Å²) in [5.74, 6) is -0.813. The predicted octanol–water partition coefficient (Wildman–Crippen LogP) is 5.18. The van der Waals surface area contributed by atoms with E-state index in [1.165, 1.54) is 5.39 Å². The molecule has 0 bridgehead atoms. The number of aromatic nitrogens is 2. The van der Waals surface area contributed by atoms with E-state index in [0.717, 1.165) is 30.3 Å². The molecule has 1 aliphatic rings. The largest absolute Gasteiger partial charge is 0.444 e. The molecule has 1 unspecified atom stereocenters. The van der Waals surface area contributed by atoms with Crippen LogP contribution in [0.25, 0.3) is 10.8 Å². The van der Waals surface area contributed by atoms with E-state index in [0.29, 0.717) is 6.54 Å². The second-order valence-electron chi connectivity index (χ2n) is 8.54. The number of piperidine rings is 1. The van der Waals surface area contributed by atoms with E-state index in [-0.39, 0.29) is 6.09 Å². The molecule has 0 spiro atoms. The lowest BCUT2D eigenvalue weighted by atomic mass is 10.0. The highest BCUT2D eigenvalue weighted by atomic mass is 16.6. The second-order valence-corrected chi connectivity index (χ2v) is 8.54. The molecule has 29 heavy (non-hydrogen) atoms. The van der Waals surface area contributed by atoms with Gasteiger partial charge in [0.2, 0.25) is 5.79 Å². The highest BCUT2D eigenvalue weighted by Gasteiger charge is 2.45. The lowest BCUT2D eigenvalue weighted by molar-refractivity contribution is -0.0375. The normalized spacial score (nSPS) is 19.9. The van der Waals surface area contributed by atoms with Crippen molar-refractivity contribution in [2.24, 2.45) is 0 Å². The smallest absolute Gasteiger partial charge is 0.413 e. The zero-order chi connectivity index (χ0) is 20.5. The Bertz CT molecular complexity index is 994. The average molecular weight is 393 g/mol. The van der Waals surface area contributed by atoms with Crippen LogP contribution in [0.5, 0.6) is 0 Å². The second kappa shape index (κ2) is 7.43. The van der Waals surface area contributed by atoms with Crippen LogP contribution >= 0.6 is 0 Å². The molecular formula is C23H28N4O2. The maximum Gasteiger partial charge on any atom is 0.413 e. The van der Waals surface area contributed by atoms with Gasteiger partial charge < -0.3 is 10.1 Å². The third-order valence-corrected chi connectivity index (χ3v) is 5.19. The fourth-order valence-electron chi connectivity index (χ4n) is 3.93. The molecule has 1 N–H and O–H groups in total. The maximum atomic E-state index is 13.1. The minimum absolute atomic E-state index is 0.332. The summed E-state index contributed by atoms with van der Waals surface area (Å²) in [5.41, 5.74) is 0.377. The van der Waals surface area contributed by atoms with Crippen molar-refractivity contribution in [3.05, 3.63) is 60.9 Å². The van der Waals surface area contributed by atoms with Crippen LogP contribution < -0.4 is 5.32 Å². The fourth-order valence-corrected chi connectivity index (χ4v) is 3.93. The Morgan fingerprint density at radius 3 is 2.62 bits per heavy atom. The van der Waals surface area contributed by atoms with Crippen LogP contribution in [0, 0.1) is 0 Å². The first-order valence-corrected chi connectivity index (χ1v) is 10.2. The van der Waals surface area contributed by atoms with E-state index < -0.39 is 11.4 Å². The first-order valence-electron chi connectivity index (χ1n) is 10.2. The Hall–Kier alpha value is -3.02. The number of fused-ring (bicyclic) bond motifs is 1. The SMILES string of the molecule is CC(C)(C)OC(=O)N1CCCCC1(Nc1ccc2ccccc2c1)n1cccn1. The van der Waals surface area contributed by atoms with E-state index in [1.807, 2.05) is 49.8 Å². The minimum Gasteiger partial charge on any atom is -0.444 e. The van der Waals surface area contributed by atoms with Gasteiger partial charge in [-0.2, -0.15) is 5.10 Å². The van der Waals surface area contributed by atoms with Crippen molar-refractivity contribution >= 4 is 22.6 Å². The van der Waals surface area contributed by atoms with E-state index in [1.54, 1.807) is 11.1 Å². The standard InChI is InChI=1S/C23H28N4O2/c1-22(2,3)29-21(28)26-15-7-6-13-23(26,27-16-8-14-24-27)25-20-12-11-18-9-4-5-10-19(18)17-20/h4-5,8-12,14,16-17,25H,6-7,13,15H2,1-3H3. The van der Waals surface area contributed by atoms with Crippen LogP contribution in [0.3, 0.4) is 0 Å². The molecule has 1 atom stereocenters. The van der Waals surface area contributed by atoms with Gasteiger partial charge in [-0.15, -0.1) is 0 Å². The molecule has 6 heteroatoms. The highest BCUT2D eigenvalue weighted by Crippen LogP contribution is 2.35. The number of likely N-dealkylation sites (tertiary alicyclic amines) is 1. The third kappa shape index (κ3) is 3.92. The lowest BCUT2D eigenvalue weighted by Gasteiger charge is -2.47. The van der Waals surface area contributed by atoms with Gasteiger partial charge in [0.1, 0.15) is 5.60 Å². The van der Waals surface area contributed by atoms with Gasteiger partial charge in [0.25, 0.3) is 0 Å². The predicted molar refractivity (Wildman–Crippen MR) is 115 cm³/mol. The molecule has 4 rings (SSSR count). The molecule has 0 saturated carbocycles. The topological polar surface area (TPSA) is 59.4 Å². The van der Waals surface area contributed by atoms with Gasteiger partial charge in [-0.05, 0) is 62.6 Å². The van der Waals surface area contributed by atoms with Crippen molar-refractivity contribution in [1.82, 2.24) is 14.7 Å². The summed E-state index contributed by atoms with van der Waals surface area (Å²) < 4.78 is 7.58. The van der Waals surface area contributed by atoms with Gasteiger partial charge >= 0.3 is 6.09 Å². The zero-order valence-corrected chi connectivity index (χ0v) is 17.3. The van der Waals surface area contributed by atoms with Crippen molar-refractivity contribution in [2.75, 3.05) is 11.9 Å². The summed E-state index contributed by atoms with van der Waals surface area (Å²) >= 11 is 0. The van der Waals surface area contributed by atoms with Crippen molar-refractivity contribution in [3.8, 4) is 0 Å². The zero-order valence-electron chi connectivity index (χ0n) is 17.3. The highest BCUT2D eigenvalue weighted by molar-refractivity contribution is 5.85. The van der Waals surface area contributed by atoms with Crippen LogP contribution in [0.1, 0.15) is 40.0 Å². The molecule has 0 radical (unpaired) electrons. The Kier molecular flexibility index (Phi) is 4.94. The molecule has 1 aromatic heterocycles. The van der Waals surface area contributed by atoms with E-state index in [4.69, 9.17) is 4.74 Å². The summed E-state index contributed by atoms with van der Waals surface area (Å²) in [7, 11) is 0. The number of hydrogen-bond donors (Lipinski definition) is 1. The number of carbonyl (C=O) groups is 1. The fraction of sp³-hybridized carbons (Fsp3) is 0.391. The van der Waals surface area contributed by atoms with Crippen LogP contribution in [-0.2, 0) is 10.5 Å². The molecule has 152 valence electrons. The van der Waals surface area contributed by atoms with Crippen molar-refractivity contribution in [2.45, 2.75) is 51.4 Å². The van der Waals surface area contributed by atoms with Gasteiger partial charge in [0, 0.05) is 31.0 Å². The van der Waals surface area contributed by atoms with Gasteiger partial charge in [0.15, 0.2) is 0 Å². The number of hydrogen-bond acceptors (Lipinski definition) is 4. The summed E-state index contributed by atoms with van der Waals surface area (Å²) in [6.07, 6.45) is 5.96. The summed E-state index contributed by atoms with van der Waals surface area (Å²) in [6, 6.07) is 16.4. The Balaban J connectivity index is 1.75. The van der Waals surface area contributed by atoms with Crippen molar-refractivity contribution in [1.29, 1.82) is 0 Å². The third-order valence-electron chi connectivity index (χ3n) is 5.19. The molecule has 1 saturated heterocycles. The Morgan fingerprint density at radius 2 is 1.90 bits per heavy atom. The number of ether oxygens (including phenoxy) is 1. The van der Waals surface area contributed by atoms with Gasteiger partial charge in [-0.25, -0.2) is 9.48 Å². The van der Waals surface area contributed by atoms with Gasteiger partial charge in [-0.3, -0.25) is 4.90 Å². The quantitative estimate of drug-likeness (QED) is 0.667. The summed E-state index contributed by atoms with van der Waals surface area (Å²) in [5, 5.41) is 10.5. The number of carbonyl (C=O) groups excluding carboxylic acids is 1. The van der Waals surface area contributed by atoms with Gasteiger partial charge in [0.05, 0.1) is 0 Å². The van der Waals surface area contributed by atoms with E-state index in [9.17, 15) is 4.79 Å². The number of benzene rings is 2. The number of nitrogens with zero attached hydrogens (tertiary/aromatic N) is 3. The van der Waals surface area contributed by atoms with Crippen molar-refractivity contribution in [3.63, 3.8) is 0 Å². The minimum atomic E-state index is -0.813. The van der Waals surface area contributed by atoms with Crippen LogP contribution in [-0.4, -0.2) is 32.9 Å². The van der Waals surface area contributed by atoms with E-state index in [2.05, 4.69) is 40.7 Å². The molecule has 1 fully saturated rings. The average Bonchev–Trinajstić information content (AvgIpc) is 3.22. The molecule has 0 aliphatic carbocycles. The monoisotopic (exact) mass is 392 g/mol. The summed E-state index contributed by atoms with van der Waals surface area (Å²) in [6.45, 7) is 6.28. The molecule has 1 aliphatic heterocycles. The molecule has 1 amide bonds. The van der Waals surface area contributed by atoms with E-state index >= 15 is 0 Å². The van der Waals surface area contributed by atoms with Crippen LogP contribution in [0.2, 0.25) is 0 Å². The number of anilines is 1. The lowest BCUT2D eigenvalue weighted by Crippen LogP contribution is -2.61. The maximum absolute atomic E-state index is 13.1. The summed E-state index contributed by atoms with van der Waals surface area (Å²) in [4.78, 5) is 14.9. The molecule has 3 aromatic rings. The Morgan fingerprint density at radius 1 is 1.10 bits per heavy atom. The van der Waals surface area contributed by atoms with Crippen LogP contribution in [0.4, 0.5) is 10.5 Å². The Labute approximate surface area is 171 Å². The molecule has 6 nitrogen and oxygen atoms in total. The molecular weight excluding hydrogens is 364 g/mol. The number of amides is 1. The first kappa shape index (κ1) is 19.3. The number of rotatable bonds is 3. The molecule has 2 aromatic carbocycles. The molecule has 2 heterocycles.